The van der Waals surface area contributed by atoms with E-state index < -0.39 is 0 Å². The Morgan fingerprint density at radius 3 is 3.08 bits per heavy atom. The first-order valence-corrected chi connectivity index (χ1v) is 9.11. The van der Waals surface area contributed by atoms with Crippen molar-refractivity contribution in [3.63, 3.8) is 0 Å². The lowest BCUT2D eigenvalue weighted by Crippen LogP contribution is -2.35. The van der Waals surface area contributed by atoms with Gasteiger partial charge >= 0.3 is 0 Å². The minimum atomic E-state index is -0.0184. The third-order valence-corrected chi connectivity index (χ3v) is 5.07. The highest BCUT2D eigenvalue weighted by atomic mass is 32.1. The minimum absolute atomic E-state index is 0.0184. The van der Waals surface area contributed by atoms with Crippen molar-refractivity contribution in [1.29, 1.82) is 0 Å². The fourth-order valence-corrected chi connectivity index (χ4v) is 3.69. The molecule has 5 nitrogen and oxygen atoms in total. The zero-order valence-corrected chi connectivity index (χ0v) is 14.4. The van der Waals surface area contributed by atoms with Crippen molar-refractivity contribution in [3.8, 4) is 16.5 Å². The van der Waals surface area contributed by atoms with Crippen molar-refractivity contribution < 1.29 is 13.9 Å². The molecule has 0 radical (unpaired) electrons. The molecule has 0 fully saturated rings. The van der Waals surface area contributed by atoms with Crippen LogP contribution in [-0.4, -0.2) is 24.0 Å². The molecule has 0 saturated carbocycles. The van der Waals surface area contributed by atoms with E-state index >= 15 is 0 Å². The molecule has 0 aliphatic carbocycles. The molecule has 0 unspecified atom stereocenters. The summed E-state index contributed by atoms with van der Waals surface area (Å²) in [5.41, 5.74) is 1.97. The molecule has 1 N–H and O–H groups in total. The quantitative estimate of drug-likeness (QED) is 0.763. The number of ether oxygens (including phenoxy) is 1. The Morgan fingerprint density at radius 2 is 2.20 bits per heavy atom. The lowest BCUT2D eigenvalue weighted by Gasteiger charge is -2.25. The third kappa shape index (κ3) is 3.74. The second kappa shape index (κ2) is 7.11. The molecule has 1 aromatic carbocycles. The molecule has 1 aliphatic heterocycles. The molecular weight excluding hydrogens is 336 g/mol. The van der Waals surface area contributed by atoms with Gasteiger partial charge in [0.25, 0.3) is 0 Å². The van der Waals surface area contributed by atoms with Gasteiger partial charge in [0.1, 0.15) is 5.75 Å². The average molecular weight is 354 g/mol. The highest BCUT2D eigenvalue weighted by Gasteiger charge is 2.20. The van der Waals surface area contributed by atoms with E-state index in [2.05, 4.69) is 16.4 Å². The standard InChI is InChI=1S/C19H18N2O3S/c22-18(9-15-12-25-19(21-15)17-6-3-7-23-17)20-10-13-8-14-4-1-2-5-16(14)24-11-13/h1-7,12-13H,8-11H2,(H,20,22)/t13-/m0/s1. The van der Waals surface area contributed by atoms with Crippen molar-refractivity contribution in [2.75, 3.05) is 13.2 Å². The summed E-state index contributed by atoms with van der Waals surface area (Å²) in [7, 11) is 0. The van der Waals surface area contributed by atoms with E-state index in [4.69, 9.17) is 9.15 Å². The number of benzene rings is 1. The molecule has 0 saturated heterocycles. The van der Waals surface area contributed by atoms with Gasteiger partial charge in [-0.1, -0.05) is 18.2 Å². The van der Waals surface area contributed by atoms with E-state index in [9.17, 15) is 4.79 Å². The highest BCUT2D eigenvalue weighted by molar-refractivity contribution is 7.13. The number of carbonyl (C=O) groups is 1. The number of hydrogen-bond donors (Lipinski definition) is 1. The number of fused-ring (bicyclic) bond motifs is 1. The Kier molecular flexibility index (Phi) is 4.52. The van der Waals surface area contributed by atoms with Gasteiger partial charge in [0, 0.05) is 17.8 Å². The second-order valence-corrected chi connectivity index (χ2v) is 6.95. The maximum atomic E-state index is 12.2. The Morgan fingerprint density at radius 1 is 1.28 bits per heavy atom. The summed E-state index contributed by atoms with van der Waals surface area (Å²) in [5, 5.41) is 5.69. The lowest BCUT2D eigenvalue weighted by molar-refractivity contribution is -0.120. The predicted molar refractivity (Wildman–Crippen MR) is 95.7 cm³/mol. The predicted octanol–water partition coefficient (Wildman–Crippen LogP) is 3.31. The first kappa shape index (κ1) is 15.9. The van der Waals surface area contributed by atoms with Crippen LogP contribution in [0.25, 0.3) is 10.8 Å². The van der Waals surface area contributed by atoms with E-state index in [1.807, 2.05) is 35.7 Å². The molecule has 6 heteroatoms. The Labute approximate surface area is 149 Å². The molecule has 1 atom stereocenters. The van der Waals surface area contributed by atoms with E-state index in [0.29, 0.717) is 19.1 Å². The molecule has 25 heavy (non-hydrogen) atoms. The van der Waals surface area contributed by atoms with Gasteiger partial charge in [-0.05, 0) is 30.2 Å². The van der Waals surface area contributed by atoms with Crippen molar-refractivity contribution in [1.82, 2.24) is 10.3 Å². The van der Waals surface area contributed by atoms with Gasteiger partial charge in [0.2, 0.25) is 5.91 Å². The fraction of sp³-hybridized carbons (Fsp3) is 0.263. The van der Waals surface area contributed by atoms with Crippen LogP contribution in [0.15, 0.2) is 52.5 Å². The largest absolute Gasteiger partial charge is 0.493 e. The average Bonchev–Trinajstić information content (AvgIpc) is 3.31. The molecule has 1 aliphatic rings. The lowest BCUT2D eigenvalue weighted by atomic mass is 9.97. The number of amides is 1. The van der Waals surface area contributed by atoms with Crippen LogP contribution in [0.5, 0.6) is 5.75 Å². The summed E-state index contributed by atoms with van der Waals surface area (Å²) in [6.45, 7) is 1.25. The minimum Gasteiger partial charge on any atom is -0.493 e. The molecule has 128 valence electrons. The SMILES string of the molecule is O=C(Cc1csc(-c2ccco2)n1)NC[C@H]1COc2ccccc2C1. The number of furan rings is 1. The van der Waals surface area contributed by atoms with Crippen LogP contribution in [0.3, 0.4) is 0 Å². The Balaban J connectivity index is 1.29. The van der Waals surface area contributed by atoms with E-state index in [1.54, 1.807) is 6.26 Å². The van der Waals surface area contributed by atoms with Crippen molar-refractivity contribution in [2.45, 2.75) is 12.8 Å². The number of nitrogens with zero attached hydrogens (tertiary/aromatic N) is 1. The van der Waals surface area contributed by atoms with Gasteiger partial charge in [0.05, 0.1) is 25.0 Å². The molecule has 1 amide bonds. The zero-order valence-electron chi connectivity index (χ0n) is 13.6. The fourth-order valence-electron chi connectivity index (χ4n) is 2.91. The normalized spacial score (nSPS) is 16.1. The topological polar surface area (TPSA) is 64.4 Å². The maximum absolute atomic E-state index is 12.2. The number of thiazole rings is 1. The van der Waals surface area contributed by atoms with Gasteiger partial charge in [-0.15, -0.1) is 11.3 Å². The Bertz CT molecular complexity index is 857. The van der Waals surface area contributed by atoms with Gasteiger partial charge in [0.15, 0.2) is 10.8 Å². The molecular formula is C19H18N2O3S. The molecule has 3 heterocycles. The second-order valence-electron chi connectivity index (χ2n) is 6.09. The number of carbonyl (C=O) groups excluding carboxylic acids is 1. The summed E-state index contributed by atoms with van der Waals surface area (Å²) in [6.07, 6.45) is 2.82. The first-order chi connectivity index (χ1) is 12.3. The summed E-state index contributed by atoms with van der Waals surface area (Å²) < 4.78 is 11.1. The van der Waals surface area contributed by atoms with Crippen LogP contribution in [0.2, 0.25) is 0 Å². The van der Waals surface area contributed by atoms with E-state index in [1.165, 1.54) is 16.9 Å². The third-order valence-electron chi connectivity index (χ3n) is 4.17. The van der Waals surface area contributed by atoms with Gasteiger partial charge < -0.3 is 14.5 Å². The number of nitrogens with one attached hydrogen (secondary N) is 1. The van der Waals surface area contributed by atoms with Crippen molar-refractivity contribution >= 4 is 17.2 Å². The maximum Gasteiger partial charge on any atom is 0.226 e. The van der Waals surface area contributed by atoms with Gasteiger partial charge in [-0.25, -0.2) is 4.98 Å². The van der Waals surface area contributed by atoms with Crippen LogP contribution in [-0.2, 0) is 17.6 Å². The number of aromatic nitrogens is 1. The molecule has 0 bridgehead atoms. The summed E-state index contributed by atoms with van der Waals surface area (Å²) in [4.78, 5) is 16.6. The van der Waals surface area contributed by atoms with Crippen molar-refractivity contribution in [3.05, 3.63) is 59.3 Å². The highest BCUT2D eigenvalue weighted by Crippen LogP contribution is 2.26. The number of hydrogen-bond acceptors (Lipinski definition) is 5. The van der Waals surface area contributed by atoms with Crippen LogP contribution in [0.4, 0.5) is 0 Å². The van der Waals surface area contributed by atoms with E-state index in [0.717, 1.165) is 28.6 Å². The summed E-state index contributed by atoms with van der Waals surface area (Å²) in [5.74, 6) is 1.97. The zero-order chi connectivity index (χ0) is 17.1. The van der Waals surface area contributed by atoms with Crippen LogP contribution in [0, 0.1) is 5.92 Å². The van der Waals surface area contributed by atoms with Gasteiger partial charge in [-0.2, -0.15) is 0 Å². The van der Waals surface area contributed by atoms with Gasteiger partial charge in [-0.3, -0.25) is 4.79 Å². The molecule has 4 rings (SSSR count). The summed E-state index contributed by atoms with van der Waals surface area (Å²) >= 11 is 1.48. The molecule has 2 aromatic heterocycles. The monoisotopic (exact) mass is 354 g/mol. The summed E-state index contributed by atoms with van der Waals surface area (Å²) in [6, 6.07) is 11.8. The van der Waals surface area contributed by atoms with Crippen LogP contribution < -0.4 is 10.1 Å². The number of rotatable bonds is 5. The van der Waals surface area contributed by atoms with Crippen LogP contribution in [0.1, 0.15) is 11.3 Å². The number of para-hydroxylation sites is 1. The van der Waals surface area contributed by atoms with Crippen molar-refractivity contribution in [2.24, 2.45) is 5.92 Å². The smallest absolute Gasteiger partial charge is 0.226 e. The van der Waals surface area contributed by atoms with Crippen LogP contribution >= 0.6 is 11.3 Å². The first-order valence-electron chi connectivity index (χ1n) is 8.23. The molecule has 0 spiro atoms. The molecule has 3 aromatic rings. The van der Waals surface area contributed by atoms with E-state index in [-0.39, 0.29) is 12.3 Å². The Hall–Kier alpha value is -2.60.